The number of aromatic carboxylic acids is 1. The van der Waals surface area contributed by atoms with E-state index in [1.165, 1.54) is 13.0 Å². The Morgan fingerprint density at radius 2 is 1.71 bits per heavy atom. The number of aromatic hydroxyl groups is 1. The predicted octanol–water partition coefficient (Wildman–Crippen LogP) is 5.38. The molecule has 1 fully saturated rings. The number of ketones is 3. The van der Waals surface area contributed by atoms with Gasteiger partial charge in [0, 0.05) is 16.7 Å². The molecule has 10 heteroatoms. The first-order chi connectivity index (χ1) is 22.8. The van der Waals surface area contributed by atoms with E-state index in [9.17, 15) is 49.8 Å². The molecule has 10 nitrogen and oxygen atoms in total. The summed E-state index contributed by atoms with van der Waals surface area (Å²) in [5.41, 5.74) is -4.25. The van der Waals surface area contributed by atoms with Crippen LogP contribution in [0.5, 0.6) is 5.75 Å². The number of rotatable bonds is 6. The van der Waals surface area contributed by atoms with Gasteiger partial charge in [-0.15, -0.1) is 0 Å². The van der Waals surface area contributed by atoms with E-state index in [4.69, 9.17) is 0 Å². The zero-order valence-electron chi connectivity index (χ0n) is 28.2. The standard InChI is InChI=1S/C39H40O10/c1-17(2)28-31(42)26(19(4)40)33(44)39(49)34(45)29-32(43)27-25(18(3)37(29,5)36(48)38(28,39)6)13-12-23(30(27)41)15-20-10-11-22(14-20)21-8-7-9-24(16-21)35(46)47/h7-9,11-14,16-18,28,36,41,43-44,48-49H,10,15H2,1-6H3,(H,46,47)/t18-,28?,36-,37+,38+,39+/m1/s1. The minimum Gasteiger partial charge on any atom is -0.508 e. The van der Waals surface area contributed by atoms with Gasteiger partial charge in [0.05, 0.1) is 22.8 Å². The van der Waals surface area contributed by atoms with Crippen molar-refractivity contribution in [3.63, 3.8) is 0 Å². The van der Waals surface area contributed by atoms with Crippen LogP contribution in [0.2, 0.25) is 0 Å². The second-order valence-corrected chi connectivity index (χ2v) is 14.6. The summed E-state index contributed by atoms with van der Waals surface area (Å²) < 4.78 is 0. The van der Waals surface area contributed by atoms with E-state index >= 15 is 0 Å². The minimum absolute atomic E-state index is 0.0475. The fraction of sp³-hybridized carbons (Fsp3) is 0.385. The molecule has 0 bridgehead atoms. The van der Waals surface area contributed by atoms with Gasteiger partial charge in [0.15, 0.2) is 17.2 Å². The van der Waals surface area contributed by atoms with Crippen molar-refractivity contribution in [3.8, 4) is 5.75 Å². The summed E-state index contributed by atoms with van der Waals surface area (Å²) in [5.74, 6) is -8.52. The molecule has 2 aromatic carbocycles. The molecule has 1 saturated carbocycles. The van der Waals surface area contributed by atoms with Crippen LogP contribution in [0.3, 0.4) is 0 Å². The van der Waals surface area contributed by atoms with Crippen molar-refractivity contribution in [1.82, 2.24) is 0 Å². The van der Waals surface area contributed by atoms with Crippen molar-refractivity contribution in [2.24, 2.45) is 22.7 Å². The average molecular weight is 669 g/mol. The van der Waals surface area contributed by atoms with Gasteiger partial charge in [-0.1, -0.05) is 76.6 Å². The lowest BCUT2D eigenvalue weighted by molar-refractivity contribution is -0.215. The first-order valence-corrected chi connectivity index (χ1v) is 16.3. The van der Waals surface area contributed by atoms with E-state index in [0.29, 0.717) is 17.5 Å². The SMILES string of the molecule is CC(=O)C1=C(O)[C@]2(O)C(=O)C3=C(O)c4c(ccc(CC5=CC(c6cccc(C(=O)O)c6)=CC5)c4O)[C@@H](C)[C@]3(C)[C@@H](O)[C@]2(C)C(C(C)C)C1=O. The van der Waals surface area contributed by atoms with Gasteiger partial charge in [-0.3, -0.25) is 14.4 Å². The molecule has 49 heavy (non-hydrogen) atoms. The summed E-state index contributed by atoms with van der Waals surface area (Å²) in [6.07, 6.45) is 2.96. The van der Waals surface area contributed by atoms with Crippen LogP contribution >= 0.6 is 0 Å². The number of aliphatic hydroxyl groups is 4. The Morgan fingerprint density at radius 1 is 1.04 bits per heavy atom. The highest BCUT2D eigenvalue weighted by Gasteiger charge is 2.77. The zero-order chi connectivity index (χ0) is 36.1. The summed E-state index contributed by atoms with van der Waals surface area (Å²) in [7, 11) is 0. The van der Waals surface area contributed by atoms with Gasteiger partial charge in [-0.05, 0) is 66.0 Å². The molecule has 0 radical (unpaired) electrons. The maximum atomic E-state index is 14.7. The molecule has 0 heterocycles. The number of allylic oxidation sites excluding steroid dienone is 5. The first-order valence-electron chi connectivity index (χ1n) is 16.3. The molecule has 4 aliphatic carbocycles. The van der Waals surface area contributed by atoms with Gasteiger partial charge in [0.1, 0.15) is 22.8 Å². The smallest absolute Gasteiger partial charge is 0.335 e. The van der Waals surface area contributed by atoms with Gasteiger partial charge in [-0.2, -0.15) is 0 Å². The third-order valence-corrected chi connectivity index (χ3v) is 11.7. The lowest BCUT2D eigenvalue weighted by Gasteiger charge is -2.63. The zero-order valence-corrected chi connectivity index (χ0v) is 28.2. The van der Waals surface area contributed by atoms with Crippen LogP contribution in [0.1, 0.15) is 86.5 Å². The molecule has 6 rings (SSSR count). The molecule has 6 atom stereocenters. The van der Waals surface area contributed by atoms with Crippen LogP contribution in [-0.2, 0) is 20.8 Å². The molecule has 0 spiro atoms. The Balaban J connectivity index is 1.48. The molecular formula is C39H40O10. The number of aliphatic hydroxyl groups excluding tert-OH is 3. The molecule has 4 aliphatic rings. The van der Waals surface area contributed by atoms with Gasteiger partial charge in [0.2, 0.25) is 5.78 Å². The lowest BCUT2D eigenvalue weighted by atomic mass is 9.40. The number of carboxylic acids is 1. The number of hydrogen-bond acceptors (Lipinski definition) is 9. The highest BCUT2D eigenvalue weighted by Crippen LogP contribution is 2.67. The Bertz CT molecular complexity index is 2010. The van der Waals surface area contributed by atoms with Gasteiger partial charge in [-0.25, -0.2) is 4.79 Å². The molecule has 0 aliphatic heterocycles. The van der Waals surface area contributed by atoms with Gasteiger partial charge >= 0.3 is 5.97 Å². The van der Waals surface area contributed by atoms with Crippen molar-refractivity contribution in [2.75, 3.05) is 0 Å². The summed E-state index contributed by atoms with van der Waals surface area (Å²) in [5, 5.41) is 69.0. The number of benzene rings is 2. The highest BCUT2D eigenvalue weighted by molar-refractivity contribution is 6.24. The average Bonchev–Trinajstić information content (AvgIpc) is 3.51. The molecular weight excluding hydrogens is 628 g/mol. The summed E-state index contributed by atoms with van der Waals surface area (Å²) >= 11 is 0. The molecule has 0 aromatic heterocycles. The fourth-order valence-electron chi connectivity index (χ4n) is 9.09. The van der Waals surface area contributed by atoms with Crippen molar-refractivity contribution >= 4 is 34.7 Å². The minimum atomic E-state index is -2.95. The largest absolute Gasteiger partial charge is 0.508 e. The predicted molar refractivity (Wildman–Crippen MR) is 180 cm³/mol. The molecule has 0 amide bonds. The van der Waals surface area contributed by atoms with Crippen LogP contribution in [0.25, 0.3) is 11.3 Å². The van der Waals surface area contributed by atoms with Gasteiger partial charge < -0.3 is 30.6 Å². The van der Waals surface area contributed by atoms with E-state index < -0.39 is 86.3 Å². The summed E-state index contributed by atoms with van der Waals surface area (Å²) in [4.78, 5) is 52.5. The third-order valence-electron chi connectivity index (χ3n) is 11.7. The van der Waals surface area contributed by atoms with E-state index in [1.54, 1.807) is 52.0 Å². The number of Topliss-reactive ketones (excluding diaryl/α,β-unsaturated/α-hetero) is 3. The number of carbonyl (C=O) groups excluding carboxylic acids is 3. The Hall–Kier alpha value is -4.80. The van der Waals surface area contributed by atoms with Crippen LogP contribution in [0.4, 0.5) is 0 Å². The number of hydrogen-bond donors (Lipinski definition) is 6. The molecule has 6 N–H and O–H groups in total. The van der Waals surface area contributed by atoms with E-state index in [-0.39, 0.29) is 23.3 Å². The van der Waals surface area contributed by atoms with Crippen molar-refractivity contribution in [1.29, 1.82) is 0 Å². The van der Waals surface area contributed by atoms with Crippen molar-refractivity contribution < 1.29 is 49.8 Å². The maximum absolute atomic E-state index is 14.7. The quantitative estimate of drug-likeness (QED) is 0.218. The van der Waals surface area contributed by atoms with Crippen LogP contribution in [0, 0.1) is 22.7 Å². The van der Waals surface area contributed by atoms with E-state index in [1.807, 2.05) is 18.2 Å². The van der Waals surface area contributed by atoms with E-state index in [0.717, 1.165) is 23.6 Å². The molecule has 256 valence electrons. The van der Waals surface area contributed by atoms with Crippen LogP contribution in [0.15, 0.2) is 71.0 Å². The summed E-state index contributed by atoms with van der Waals surface area (Å²) in [6, 6.07) is 9.99. The number of carboxylic acid groups (broad SMARTS) is 1. The monoisotopic (exact) mass is 668 g/mol. The second kappa shape index (κ2) is 11.1. The third kappa shape index (κ3) is 4.33. The topological polar surface area (TPSA) is 190 Å². The van der Waals surface area contributed by atoms with E-state index in [2.05, 4.69) is 0 Å². The Labute approximate surface area is 283 Å². The van der Waals surface area contributed by atoms with Crippen molar-refractivity contribution in [2.45, 2.75) is 72.0 Å². The van der Waals surface area contributed by atoms with Gasteiger partial charge in [0.25, 0.3) is 0 Å². The lowest BCUT2D eigenvalue weighted by Crippen LogP contribution is -2.75. The number of phenols is 1. The van der Waals surface area contributed by atoms with Crippen molar-refractivity contribution in [3.05, 3.63) is 98.8 Å². The summed E-state index contributed by atoms with van der Waals surface area (Å²) in [6.45, 7) is 9.03. The molecule has 1 unspecified atom stereocenters. The van der Waals surface area contributed by atoms with Crippen LogP contribution in [-0.4, -0.2) is 65.7 Å². The Kier molecular flexibility index (Phi) is 7.73. The molecule has 0 saturated heterocycles. The normalized spacial score (nSPS) is 30.9. The molecule has 2 aromatic rings. The fourth-order valence-corrected chi connectivity index (χ4v) is 9.09. The van der Waals surface area contributed by atoms with Crippen LogP contribution < -0.4 is 0 Å². The number of phenolic OH excluding ortho intramolecular Hbond substituents is 1. The Morgan fingerprint density at radius 3 is 2.33 bits per heavy atom. The maximum Gasteiger partial charge on any atom is 0.335 e. The second-order valence-electron chi connectivity index (χ2n) is 14.6. The highest BCUT2D eigenvalue weighted by atomic mass is 16.4. The first kappa shape index (κ1) is 34.1. The number of carbonyl (C=O) groups is 4. The number of fused-ring (bicyclic) bond motifs is 3.